The number of aliphatic hydroxyl groups is 1. The Morgan fingerprint density at radius 3 is 2.33 bits per heavy atom. The lowest BCUT2D eigenvalue weighted by Crippen LogP contribution is -2.45. The Bertz CT molecular complexity index is 387. The third-order valence-corrected chi connectivity index (χ3v) is 3.05. The number of rotatable bonds is 5. The van der Waals surface area contributed by atoms with E-state index in [2.05, 4.69) is 5.32 Å². The number of hydrogen-bond donors (Lipinski definition) is 3. The van der Waals surface area contributed by atoms with Gasteiger partial charge in [-0.25, -0.2) is 0 Å². The Labute approximate surface area is 108 Å². The zero-order chi connectivity index (χ0) is 13.7. The first kappa shape index (κ1) is 14.7. The Morgan fingerprint density at radius 1 is 1.33 bits per heavy atom. The van der Waals surface area contributed by atoms with E-state index in [0.29, 0.717) is 0 Å². The van der Waals surface area contributed by atoms with Crippen LogP contribution in [0.15, 0.2) is 24.3 Å². The first-order chi connectivity index (χ1) is 8.45. The van der Waals surface area contributed by atoms with Gasteiger partial charge in [0.1, 0.15) is 6.04 Å². The highest BCUT2D eigenvalue weighted by molar-refractivity contribution is 5.83. The number of nitrogens with one attached hydrogen (secondary N) is 1. The average molecular weight is 250 g/mol. The van der Waals surface area contributed by atoms with Crippen LogP contribution < -0.4 is 11.1 Å². The number of aliphatic hydroxyl groups excluding tert-OH is 1. The summed E-state index contributed by atoms with van der Waals surface area (Å²) in [5.41, 5.74) is 7.80. The molecule has 0 radical (unpaired) electrons. The molecule has 4 heteroatoms. The summed E-state index contributed by atoms with van der Waals surface area (Å²) in [5, 5.41) is 11.9. The summed E-state index contributed by atoms with van der Waals surface area (Å²) < 4.78 is 0. The van der Waals surface area contributed by atoms with Crippen molar-refractivity contribution in [2.24, 2.45) is 11.7 Å². The minimum atomic E-state index is -0.696. The molecule has 1 rings (SSSR count). The number of amides is 1. The second-order valence-corrected chi connectivity index (χ2v) is 4.93. The van der Waals surface area contributed by atoms with E-state index in [9.17, 15) is 9.90 Å². The van der Waals surface area contributed by atoms with Crippen molar-refractivity contribution in [1.29, 1.82) is 0 Å². The number of carbonyl (C=O) groups excluding carboxylic acids is 1. The second kappa shape index (κ2) is 6.52. The number of carbonyl (C=O) groups is 1. The molecule has 0 saturated heterocycles. The van der Waals surface area contributed by atoms with Crippen molar-refractivity contribution in [2.45, 2.75) is 32.9 Å². The Hall–Kier alpha value is -1.39. The lowest BCUT2D eigenvalue weighted by atomic mass is 10.0. The van der Waals surface area contributed by atoms with E-state index in [0.717, 1.165) is 11.1 Å². The minimum absolute atomic E-state index is 0.0793. The summed E-state index contributed by atoms with van der Waals surface area (Å²) in [6.45, 7) is 5.79. The molecular formula is C14H22N2O2. The molecule has 4 N–H and O–H groups in total. The van der Waals surface area contributed by atoms with Crippen molar-refractivity contribution in [2.75, 3.05) is 6.61 Å². The molecule has 0 fully saturated rings. The molecule has 1 amide bonds. The van der Waals surface area contributed by atoms with Crippen LogP contribution in [-0.4, -0.2) is 23.7 Å². The van der Waals surface area contributed by atoms with Crippen LogP contribution in [0.25, 0.3) is 0 Å². The van der Waals surface area contributed by atoms with Gasteiger partial charge in [-0.15, -0.1) is 0 Å². The van der Waals surface area contributed by atoms with Crippen molar-refractivity contribution in [1.82, 2.24) is 5.32 Å². The summed E-state index contributed by atoms with van der Waals surface area (Å²) in [6.07, 6.45) is 0. The van der Waals surface area contributed by atoms with Gasteiger partial charge in [-0.2, -0.15) is 0 Å². The van der Waals surface area contributed by atoms with Crippen LogP contribution in [0.1, 0.15) is 31.0 Å². The van der Waals surface area contributed by atoms with E-state index >= 15 is 0 Å². The zero-order valence-electron chi connectivity index (χ0n) is 11.2. The summed E-state index contributed by atoms with van der Waals surface area (Å²) >= 11 is 0. The molecule has 100 valence electrons. The Balaban J connectivity index is 2.69. The van der Waals surface area contributed by atoms with E-state index in [1.54, 1.807) is 0 Å². The molecule has 1 aromatic carbocycles. The quantitative estimate of drug-likeness (QED) is 0.733. The molecule has 1 aromatic rings. The maximum Gasteiger partial charge on any atom is 0.241 e. The SMILES string of the molecule is Cc1ccc(C(N)C(=O)NC(CO)C(C)C)cc1. The molecule has 0 bridgehead atoms. The average Bonchev–Trinajstić information content (AvgIpc) is 2.35. The molecule has 2 atom stereocenters. The van der Waals surface area contributed by atoms with Gasteiger partial charge in [-0.1, -0.05) is 43.7 Å². The fourth-order valence-corrected chi connectivity index (χ4v) is 1.62. The first-order valence-corrected chi connectivity index (χ1v) is 6.19. The Morgan fingerprint density at radius 2 is 1.89 bits per heavy atom. The first-order valence-electron chi connectivity index (χ1n) is 6.19. The van der Waals surface area contributed by atoms with Gasteiger partial charge in [-0.3, -0.25) is 4.79 Å². The van der Waals surface area contributed by atoms with E-state index in [1.807, 2.05) is 45.0 Å². The molecule has 0 aromatic heterocycles. The fourth-order valence-electron chi connectivity index (χ4n) is 1.62. The van der Waals surface area contributed by atoms with Crippen LogP contribution in [0.4, 0.5) is 0 Å². The minimum Gasteiger partial charge on any atom is -0.394 e. The van der Waals surface area contributed by atoms with Crippen molar-refractivity contribution in [3.8, 4) is 0 Å². The normalized spacial score (nSPS) is 14.3. The highest BCUT2D eigenvalue weighted by Crippen LogP contribution is 2.12. The molecular weight excluding hydrogens is 228 g/mol. The maximum atomic E-state index is 12.0. The topological polar surface area (TPSA) is 75.4 Å². The van der Waals surface area contributed by atoms with Crippen LogP contribution in [0.2, 0.25) is 0 Å². The monoisotopic (exact) mass is 250 g/mol. The summed E-state index contributed by atoms with van der Waals surface area (Å²) in [7, 11) is 0. The molecule has 18 heavy (non-hydrogen) atoms. The van der Waals surface area contributed by atoms with Gasteiger partial charge in [0.25, 0.3) is 0 Å². The van der Waals surface area contributed by atoms with Crippen molar-refractivity contribution >= 4 is 5.91 Å². The van der Waals surface area contributed by atoms with E-state index in [-0.39, 0.29) is 24.5 Å². The van der Waals surface area contributed by atoms with Crippen LogP contribution in [0.3, 0.4) is 0 Å². The van der Waals surface area contributed by atoms with Gasteiger partial charge >= 0.3 is 0 Å². The lowest BCUT2D eigenvalue weighted by Gasteiger charge is -2.22. The number of nitrogens with two attached hydrogens (primary N) is 1. The molecule has 0 aliphatic carbocycles. The van der Waals surface area contributed by atoms with Gasteiger partial charge < -0.3 is 16.2 Å². The third kappa shape index (κ3) is 3.82. The van der Waals surface area contributed by atoms with Gasteiger partial charge in [0.05, 0.1) is 12.6 Å². The number of benzene rings is 1. The third-order valence-electron chi connectivity index (χ3n) is 3.05. The van der Waals surface area contributed by atoms with Crippen LogP contribution in [0.5, 0.6) is 0 Å². The van der Waals surface area contributed by atoms with Crippen molar-refractivity contribution < 1.29 is 9.90 Å². The van der Waals surface area contributed by atoms with E-state index in [4.69, 9.17) is 5.73 Å². The molecule has 4 nitrogen and oxygen atoms in total. The highest BCUT2D eigenvalue weighted by atomic mass is 16.3. The van der Waals surface area contributed by atoms with Crippen LogP contribution in [-0.2, 0) is 4.79 Å². The molecule has 2 unspecified atom stereocenters. The summed E-state index contributed by atoms with van der Waals surface area (Å²) in [5.74, 6) is -0.0872. The highest BCUT2D eigenvalue weighted by Gasteiger charge is 2.20. The van der Waals surface area contributed by atoms with E-state index in [1.165, 1.54) is 0 Å². The maximum absolute atomic E-state index is 12.0. The largest absolute Gasteiger partial charge is 0.394 e. The Kier molecular flexibility index (Phi) is 5.31. The second-order valence-electron chi connectivity index (χ2n) is 4.93. The summed E-state index contributed by atoms with van der Waals surface area (Å²) in [4.78, 5) is 12.0. The van der Waals surface area contributed by atoms with Gasteiger partial charge in [0.15, 0.2) is 0 Å². The lowest BCUT2D eigenvalue weighted by molar-refractivity contribution is -0.123. The fraction of sp³-hybridized carbons (Fsp3) is 0.500. The molecule has 0 aliphatic rings. The van der Waals surface area contributed by atoms with Gasteiger partial charge in [-0.05, 0) is 18.4 Å². The van der Waals surface area contributed by atoms with Crippen LogP contribution in [0, 0.1) is 12.8 Å². The van der Waals surface area contributed by atoms with Crippen LogP contribution >= 0.6 is 0 Å². The molecule has 0 heterocycles. The van der Waals surface area contributed by atoms with E-state index < -0.39 is 6.04 Å². The van der Waals surface area contributed by atoms with Gasteiger partial charge in [0, 0.05) is 0 Å². The van der Waals surface area contributed by atoms with Crippen molar-refractivity contribution in [3.63, 3.8) is 0 Å². The number of aryl methyl sites for hydroxylation is 1. The predicted octanol–water partition coefficient (Wildman–Crippen LogP) is 1.13. The van der Waals surface area contributed by atoms with Crippen molar-refractivity contribution in [3.05, 3.63) is 35.4 Å². The standard InChI is InChI=1S/C14H22N2O2/c1-9(2)12(8-17)16-14(18)13(15)11-6-4-10(3)5-7-11/h4-7,9,12-13,17H,8,15H2,1-3H3,(H,16,18). The molecule has 0 saturated carbocycles. The predicted molar refractivity (Wildman–Crippen MR) is 72.0 cm³/mol. The smallest absolute Gasteiger partial charge is 0.241 e. The molecule has 0 spiro atoms. The zero-order valence-corrected chi connectivity index (χ0v) is 11.2. The molecule has 0 aliphatic heterocycles. The van der Waals surface area contributed by atoms with Gasteiger partial charge in [0.2, 0.25) is 5.91 Å². The number of hydrogen-bond acceptors (Lipinski definition) is 3. The summed E-state index contributed by atoms with van der Waals surface area (Å²) in [6, 6.07) is 6.60.